The molecule has 3 heterocycles. The summed E-state index contributed by atoms with van der Waals surface area (Å²) in [5.74, 6) is 1.79. The standard InChI is InChI=1S/C32H34ClN3O5/c1-21-3-7-24(8-4-21)41-32(37)36-12-11-25-26-20-23(33)6-9-27(26)34-30(25)31(36)22-5-10-28(38-2)29(19-22)40-18-15-35-13-16-39-17-14-35/h3-10,19-20,31,34H,11-18H2,1-2H3. The van der Waals surface area contributed by atoms with Crippen molar-refractivity contribution < 1.29 is 23.7 Å². The Morgan fingerprint density at radius 1 is 1.02 bits per heavy atom. The first-order valence-electron chi connectivity index (χ1n) is 14.0. The molecule has 0 saturated carbocycles. The quantitative estimate of drug-likeness (QED) is 0.291. The number of benzene rings is 3. The monoisotopic (exact) mass is 575 g/mol. The molecule has 214 valence electrons. The largest absolute Gasteiger partial charge is 0.493 e. The van der Waals surface area contributed by atoms with Gasteiger partial charge in [0.05, 0.1) is 20.3 Å². The molecule has 0 bridgehead atoms. The fourth-order valence-electron chi connectivity index (χ4n) is 5.66. The molecule has 1 unspecified atom stereocenters. The van der Waals surface area contributed by atoms with E-state index in [4.69, 9.17) is 30.5 Å². The van der Waals surface area contributed by atoms with Crippen molar-refractivity contribution in [1.82, 2.24) is 14.8 Å². The van der Waals surface area contributed by atoms with E-state index >= 15 is 0 Å². The third kappa shape index (κ3) is 5.86. The van der Waals surface area contributed by atoms with Crippen LogP contribution in [0.4, 0.5) is 4.79 Å². The molecule has 0 aliphatic carbocycles. The zero-order valence-corrected chi connectivity index (χ0v) is 24.1. The number of ether oxygens (including phenoxy) is 4. The van der Waals surface area contributed by atoms with E-state index < -0.39 is 12.1 Å². The van der Waals surface area contributed by atoms with E-state index in [2.05, 4.69) is 9.88 Å². The first kappa shape index (κ1) is 27.4. The van der Waals surface area contributed by atoms with Crippen molar-refractivity contribution in [3.05, 3.63) is 88.1 Å². The van der Waals surface area contributed by atoms with Crippen molar-refractivity contribution in [3.8, 4) is 17.2 Å². The number of morpholine rings is 1. The fourth-order valence-corrected chi connectivity index (χ4v) is 5.83. The summed E-state index contributed by atoms with van der Waals surface area (Å²) in [5.41, 5.74) is 5.07. The van der Waals surface area contributed by atoms with E-state index in [0.717, 1.165) is 66.1 Å². The first-order valence-corrected chi connectivity index (χ1v) is 14.3. The summed E-state index contributed by atoms with van der Waals surface area (Å²) in [5, 5.41) is 1.75. The average Bonchev–Trinajstić information content (AvgIpc) is 3.36. The second-order valence-corrected chi connectivity index (χ2v) is 10.9. The minimum absolute atomic E-state index is 0.410. The van der Waals surface area contributed by atoms with Crippen LogP contribution in [0.5, 0.6) is 17.2 Å². The zero-order chi connectivity index (χ0) is 28.3. The number of aromatic amines is 1. The number of amides is 1. The van der Waals surface area contributed by atoms with Crippen molar-refractivity contribution in [2.24, 2.45) is 0 Å². The number of fused-ring (bicyclic) bond motifs is 3. The SMILES string of the molecule is COc1ccc(C2c3[nH]c4ccc(Cl)cc4c3CCN2C(=O)Oc2ccc(C)cc2)cc1OCCN1CCOCC1. The molecule has 1 fully saturated rings. The number of hydrogen-bond acceptors (Lipinski definition) is 6. The van der Waals surface area contributed by atoms with Crippen molar-refractivity contribution in [2.45, 2.75) is 19.4 Å². The van der Waals surface area contributed by atoms with E-state index in [-0.39, 0.29) is 0 Å². The molecule has 1 saturated heterocycles. The van der Waals surface area contributed by atoms with Gasteiger partial charge >= 0.3 is 6.09 Å². The third-order valence-corrected chi connectivity index (χ3v) is 8.06. The highest BCUT2D eigenvalue weighted by Crippen LogP contribution is 2.42. The molecule has 4 aromatic rings. The third-order valence-electron chi connectivity index (χ3n) is 7.82. The van der Waals surface area contributed by atoms with Gasteiger partial charge in [-0.1, -0.05) is 35.4 Å². The number of methoxy groups -OCH3 is 1. The smallest absolute Gasteiger partial charge is 0.416 e. The molecule has 9 heteroatoms. The molecule has 1 N–H and O–H groups in total. The maximum Gasteiger partial charge on any atom is 0.416 e. The van der Waals surface area contributed by atoms with Gasteiger partial charge in [0.25, 0.3) is 0 Å². The van der Waals surface area contributed by atoms with Gasteiger partial charge in [0.15, 0.2) is 11.5 Å². The fraction of sp³-hybridized carbons (Fsp3) is 0.344. The number of nitrogens with zero attached hydrogens (tertiary/aromatic N) is 2. The number of nitrogens with one attached hydrogen (secondary N) is 1. The molecule has 1 amide bonds. The van der Waals surface area contributed by atoms with E-state index in [1.54, 1.807) is 12.0 Å². The van der Waals surface area contributed by atoms with Crippen LogP contribution in [0.1, 0.15) is 28.4 Å². The van der Waals surface area contributed by atoms with Gasteiger partial charge < -0.3 is 23.9 Å². The predicted octanol–water partition coefficient (Wildman–Crippen LogP) is 6.00. The van der Waals surface area contributed by atoms with Gasteiger partial charge in [0, 0.05) is 47.8 Å². The number of carbonyl (C=O) groups is 1. The lowest BCUT2D eigenvalue weighted by molar-refractivity contribution is 0.0321. The van der Waals surface area contributed by atoms with Crippen LogP contribution in [0, 0.1) is 6.92 Å². The van der Waals surface area contributed by atoms with Crippen LogP contribution in [0.3, 0.4) is 0 Å². The Balaban J connectivity index is 1.34. The molecule has 2 aliphatic rings. The molecule has 2 aliphatic heterocycles. The molecule has 41 heavy (non-hydrogen) atoms. The van der Waals surface area contributed by atoms with Gasteiger partial charge in [0.1, 0.15) is 18.4 Å². The Labute approximate surface area is 244 Å². The Hall–Kier alpha value is -3.72. The van der Waals surface area contributed by atoms with Crippen LogP contribution < -0.4 is 14.2 Å². The lowest BCUT2D eigenvalue weighted by atomic mass is 9.92. The highest BCUT2D eigenvalue weighted by molar-refractivity contribution is 6.31. The highest BCUT2D eigenvalue weighted by atomic mass is 35.5. The predicted molar refractivity (Wildman–Crippen MR) is 159 cm³/mol. The summed E-state index contributed by atoms with van der Waals surface area (Å²) >= 11 is 6.37. The molecule has 6 rings (SSSR count). The van der Waals surface area contributed by atoms with Gasteiger partial charge in [-0.15, -0.1) is 0 Å². The summed E-state index contributed by atoms with van der Waals surface area (Å²) in [4.78, 5) is 21.4. The summed E-state index contributed by atoms with van der Waals surface area (Å²) < 4.78 is 23.2. The number of hydrogen-bond donors (Lipinski definition) is 1. The molecule has 3 aromatic carbocycles. The molecule has 1 aromatic heterocycles. The average molecular weight is 576 g/mol. The minimum atomic E-state index is -0.421. The van der Waals surface area contributed by atoms with E-state index in [9.17, 15) is 4.79 Å². The van der Waals surface area contributed by atoms with Gasteiger partial charge in [-0.05, 0) is 66.9 Å². The summed E-state index contributed by atoms with van der Waals surface area (Å²) in [6, 6.07) is 18.8. The van der Waals surface area contributed by atoms with Crippen molar-refractivity contribution in [3.63, 3.8) is 0 Å². The summed E-state index contributed by atoms with van der Waals surface area (Å²) in [6.07, 6.45) is 0.264. The van der Waals surface area contributed by atoms with Crippen LogP contribution in [-0.4, -0.2) is 74.0 Å². The molecule has 0 spiro atoms. The summed E-state index contributed by atoms with van der Waals surface area (Å²) in [7, 11) is 1.63. The van der Waals surface area contributed by atoms with Crippen LogP contribution in [0.2, 0.25) is 5.02 Å². The van der Waals surface area contributed by atoms with E-state index in [1.165, 1.54) is 0 Å². The number of carbonyl (C=O) groups excluding carboxylic acids is 1. The number of halogens is 1. The molecular formula is C32H34ClN3O5. The second kappa shape index (κ2) is 12.0. The number of aromatic nitrogens is 1. The Bertz CT molecular complexity index is 1530. The van der Waals surface area contributed by atoms with Crippen LogP contribution in [0.15, 0.2) is 60.7 Å². The maximum atomic E-state index is 13.7. The number of aryl methyl sites for hydroxylation is 1. The van der Waals surface area contributed by atoms with Crippen LogP contribution >= 0.6 is 11.6 Å². The van der Waals surface area contributed by atoms with Crippen molar-refractivity contribution in [1.29, 1.82) is 0 Å². The Kier molecular flexibility index (Phi) is 8.05. The van der Waals surface area contributed by atoms with Crippen LogP contribution in [-0.2, 0) is 11.2 Å². The molecular weight excluding hydrogens is 542 g/mol. The highest BCUT2D eigenvalue weighted by Gasteiger charge is 2.36. The zero-order valence-electron chi connectivity index (χ0n) is 23.3. The van der Waals surface area contributed by atoms with Gasteiger partial charge in [-0.3, -0.25) is 9.80 Å². The number of H-pyrrole nitrogens is 1. The molecule has 1 atom stereocenters. The second-order valence-electron chi connectivity index (χ2n) is 10.4. The van der Waals surface area contributed by atoms with Crippen LogP contribution in [0.25, 0.3) is 10.9 Å². The van der Waals surface area contributed by atoms with E-state index in [1.807, 2.05) is 67.6 Å². The first-order chi connectivity index (χ1) is 20.0. The molecule has 0 radical (unpaired) electrons. The molecule has 8 nitrogen and oxygen atoms in total. The number of rotatable bonds is 7. The minimum Gasteiger partial charge on any atom is -0.493 e. The van der Waals surface area contributed by atoms with Crippen molar-refractivity contribution in [2.75, 3.05) is 53.1 Å². The normalized spacial score (nSPS) is 17.3. The lowest BCUT2D eigenvalue weighted by Gasteiger charge is -2.35. The Morgan fingerprint density at radius 2 is 1.83 bits per heavy atom. The lowest BCUT2D eigenvalue weighted by Crippen LogP contribution is -2.42. The van der Waals surface area contributed by atoms with E-state index in [0.29, 0.717) is 41.8 Å². The van der Waals surface area contributed by atoms with Gasteiger partial charge in [-0.25, -0.2) is 4.79 Å². The van der Waals surface area contributed by atoms with Crippen molar-refractivity contribution >= 4 is 28.6 Å². The van der Waals surface area contributed by atoms with Gasteiger partial charge in [-0.2, -0.15) is 0 Å². The topological polar surface area (TPSA) is 76.3 Å². The maximum absolute atomic E-state index is 13.7. The summed E-state index contributed by atoms with van der Waals surface area (Å²) in [6.45, 7) is 7.07. The van der Waals surface area contributed by atoms with Gasteiger partial charge in [0.2, 0.25) is 0 Å². The Morgan fingerprint density at radius 3 is 2.61 bits per heavy atom.